The molecule has 0 amide bonds. The predicted octanol–water partition coefficient (Wildman–Crippen LogP) is 4.81. The molecular formula is C23H21FO4. The number of Topliss-reactive ketones (excluding diaryl/α,β-unsaturated/α-hetero) is 1. The molecule has 1 aromatic rings. The van der Waals surface area contributed by atoms with Crippen molar-refractivity contribution in [2.45, 2.75) is 25.7 Å². The molecule has 4 nitrogen and oxygen atoms in total. The Labute approximate surface area is 163 Å². The summed E-state index contributed by atoms with van der Waals surface area (Å²) in [6.07, 6.45) is 3.71. The molecule has 1 saturated carbocycles. The van der Waals surface area contributed by atoms with Gasteiger partial charge in [0.05, 0.1) is 23.8 Å². The first-order valence-electron chi connectivity index (χ1n) is 9.38. The fourth-order valence-corrected chi connectivity index (χ4v) is 4.26. The summed E-state index contributed by atoms with van der Waals surface area (Å²) < 4.78 is 26.0. The van der Waals surface area contributed by atoms with Crippen LogP contribution in [0.15, 0.2) is 77.1 Å². The zero-order chi connectivity index (χ0) is 19.8. The Hall–Kier alpha value is -2.95. The van der Waals surface area contributed by atoms with Gasteiger partial charge in [-0.2, -0.15) is 0 Å². The maximum atomic E-state index is 14.9. The number of rotatable bonds is 4. The van der Waals surface area contributed by atoms with Gasteiger partial charge in [0.15, 0.2) is 5.78 Å². The van der Waals surface area contributed by atoms with E-state index in [2.05, 4.69) is 6.58 Å². The first-order valence-corrected chi connectivity index (χ1v) is 9.38. The molecule has 144 valence electrons. The van der Waals surface area contributed by atoms with Gasteiger partial charge in [-0.05, 0) is 43.0 Å². The van der Waals surface area contributed by atoms with Crippen molar-refractivity contribution >= 4 is 11.8 Å². The summed E-state index contributed by atoms with van der Waals surface area (Å²) in [7, 11) is 1.44. The SMILES string of the molecule is C=C1C=C(F)C(C2=C(OC(=O)c3ccccc3)C3CCC(C3)C2=O)=C(OC)C1. The van der Waals surface area contributed by atoms with Crippen molar-refractivity contribution in [1.82, 2.24) is 0 Å². The van der Waals surface area contributed by atoms with Crippen molar-refractivity contribution in [3.05, 3.63) is 82.6 Å². The zero-order valence-corrected chi connectivity index (χ0v) is 15.7. The Balaban J connectivity index is 1.83. The first-order chi connectivity index (χ1) is 13.5. The molecule has 2 unspecified atom stereocenters. The van der Waals surface area contributed by atoms with E-state index >= 15 is 0 Å². The van der Waals surface area contributed by atoms with Crippen molar-refractivity contribution < 1.29 is 23.5 Å². The largest absolute Gasteiger partial charge is 0.500 e. The normalized spacial score (nSPS) is 24.4. The van der Waals surface area contributed by atoms with Gasteiger partial charge >= 0.3 is 5.97 Å². The molecule has 4 rings (SSSR count). The number of ether oxygens (including phenoxy) is 2. The molecule has 28 heavy (non-hydrogen) atoms. The topological polar surface area (TPSA) is 52.6 Å². The summed E-state index contributed by atoms with van der Waals surface area (Å²) in [5.41, 5.74) is 1.21. The van der Waals surface area contributed by atoms with Crippen LogP contribution in [0.2, 0.25) is 0 Å². The van der Waals surface area contributed by atoms with Crippen LogP contribution in [0.25, 0.3) is 0 Å². The second-order valence-electron chi connectivity index (χ2n) is 7.40. The van der Waals surface area contributed by atoms with Gasteiger partial charge in [0.25, 0.3) is 0 Å². The summed E-state index contributed by atoms with van der Waals surface area (Å²) in [6.45, 7) is 3.79. The van der Waals surface area contributed by atoms with E-state index in [-0.39, 0.29) is 34.5 Å². The molecule has 1 aromatic carbocycles. The van der Waals surface area contributed by atoms with E-state index < -0.39 is 11.8 Å². The summed E-state index contributed by atoms with van der Waals surface area (Å²) in [4.78, 5) is 25.8. The molecule has 0 aliphatic heterocycles. The Kier molecular flexibility index (Phi) is 4.75. The van der Waals surface area contributed by atoms with Gasteiger partial charge in [0, 0.05) is 18.3 Å². The molecule has 2 bridgehead atoms. The van der Waals surface area contributed by atoms with Crippen molar-refractivity contribution in [2.24, 2.45) is 11.8 Å². The lowest BCUT2D eigenvalue weighted by atomic mass is 9.80. The molecule has 0 saturated heterocycles. The minimum absolute atomic E-state index is 0.0751. The molecule has 0 heterocycles. The fraction of sp³-hybridized carbons (Fsp3) is 0.304. The third-order valence-corrected chi connectivity index (χ3v) is 5.61. The molecule has 5 heteroatoms. The van der Waals surface area contributed by atoms with Crippen molar-refractivity contribution in [1.29, 1.82) is 0 Å². The monoisotopic (exact) mass is 380 g/mol. The van der Waals surface area contributed by atoms with Gasteiger partial charge in [0.1, 0.15) is 17.3 Å². The number of methoxy groups -OCH3 is 1. The molecule has 3 aliphatic rings. The number of hydrogen-bond acceptors (Lipinski definition) is 4. The van der Waals surface area contributed by atoms with Crippen LogP contribution in [0, 0.1) is 11.8 Å². The molecule has 0 aromatic heterocycles. The van der Waals surface area contributed by atoms with Gasteiger partial charge in [-0.25, -0.2) is 9.18 Å². The standard InChI is InChI=1S/C23H21FO4/c1-13-10-17(24)19(18(11-13)27-2)20-21(25)15-8-9-16(12-15)22(20)28-23(26)14-6-4-3-5-7-14/h3-7,10,15-16H,1,8-9,11-12H2,2H3. The predicted molar refractivity (Wildman–Crippen MR) is 102 cm³/mol. The smallest absolute Gasteiger partial charge is 0.343 e. The summed E-state index contributed by atoms with van der Waals surface area (Å²) in [6, 6.07) is 8.58. The summed E-state index contributed by atoms with van der Waals surface area (Å²) in [5.74, 6) is -0.931. The maximum Gasteiger partial charge on any atom is 0.343 e. The van der Waals surface area contributed by atoms with E-state index in [0.717, 1.165) is 6.42 Å². The molecular weight excluding hydrogens is 359 g/mol. The van der Waals surface area contributed by atoms with Crippen LogP contribution in [-0.4, -0.2) is 18.9 Å². The first kappa shape index (κ1) is 18.4. The second-order valence-corrected chi connectivity index (χ2v) is 7.40. The number of ketones is 1. The highest BCUT2D eigenvalue weighted by atomic mass is 19.1. The van der Waals surface area contributed by atoms with Gasteiger partial charge < -0.3 is 9.47 Å². The van der Waals surface area contributed by atoms with Crippen LogP contribution in [0.3, 0.4) is 0 Å². The molecule has 0 spiro atoms. The molecule has 1 fully saturated rings. The zero-order valence-electron chi connectivity index (χ0n) is 15.7. The van der Waals surface area contributed by atoms with Crippen LogP contribution in [0.1, 0.15) is 36.0 Å². The quantitative estimate of drug-likeness (QED) is 0.704. The number of hydrogen-bond donors (Lipinski definition) is 0. The van der Waals surface area contributed by atoms with Crippen molar-refractivity contribution in [3.63, 3.8) is 0 Å². The van der Waals surface area contributed by atoms with E-state index in [0.29, 0.717) is 36.2 Å². The summed E-state index contributed by atoms with van der Waals surface area (Å²) in [5, 5.41) is 0. The lowest BCUT2D eigenvalue weighted by Crippen LogP contribution is -2.27. The number of carbonyl (C=O) groups is 2. The minimum atomic E-state index is -0.578. The van der Waals surface area contributed by atoms with Gasteiger partial charge in [-0.3, -0.25) is 4.79 Å². The number of carbonyl (C=O) groups excluding carboxylic acids is 2. The van der Waals surface area contributed by atoms with E-state index in [1.54, 1.807) is 30.3 Å². The third kappa shape index (κ3) is 3.11. The lowest BCUT2D eigenvalue weighted by molar-refractivity contribution is -0.119. The van der Waals surface area contributed by atoms with Crippen LogP contribution < -0.4 is 0 Å². The van der Waals surface area contributed by atoms with E-state index in [1.165, 1.54) is 13.2 Å². The molecule has 0 radical (unpaired) electrons. The summed E-state index contributed by atoms with van der Waals surface area (Å²) >= 11 is 0. The van der Waals surface area contributed by atoms with Gasteiger partial charge in [0.2, 0.25) is 0 Å². The highest BCUT2D eigenvalue weighted by molar-refractivity contribution is 6.05. The average molecular weight is 380 g/mol. The molecule has 3 aliphatic carbocycles. The number of benzene rings is 1. The number of halogens is 1. The maximum absolute atomic E-state index is 14.9. The van der Waals surface area contributed by atoms with Crippen LogP contribution in [0.5, 0.6) is 0 Å². The van der Waals surface area contributed by atoms with Gasteiger partial charge in [-0.15, -0.1) is 0 Å². The molecule has 0 N–H and O–H groups in total. The fourth-order valence-electron chi connectivity index (χ4n) is 4.26. The second kappa shape index (κ2) is 7.23. The minimum Gasteiger partial charge on any atom is -0.500 e. The number of esters is 1. The number of allylic oxidation sites excluding steroid dienone is 6. The van der Waals surface area contributed by atoms with E-state index in [4.69, 9.17) is 9.47 Å². The third-order valence-electron chi connectivity index (χ3n) is 5.61. The Bertz CT molecular complexity index is 952. The molecule has 2 atom stereocenters. The average Bonchev–Trinajstić information content (AvgIpc) is 3.14. The van der Waals surface area contributed by atoms with Crippen LogP contribution in [-0.2, 0) is 14.3 Å². The number of fused-ring (bicyclic) bond motifs is 2. The van der Waals surface area contributed by atoms with Crippen LogP contribution >= 0.6 is 0 Å². The van der Waals surface area contributed by atoms with Gasteiger partial charge in [-0.1, -0.05) is 24.8 Å². The van der Waals surface area contributed by atoms with Crippen LogP contribution in [0.4, 0.5) is 4.39 Å². The Morgan fingerprint density at radius 2 is 1.86 bits per heavy atom. The van der Waals surface area contributed by atoms with Crippen molar-refractivity contribution in [2.75, 3.05) is 7.11 Å². The van der Waals surface area contributed by atoms with Crippen molar-refractivity contribution in [3.8, 4) is 0 Å². The van der Waals surface area contributed by atoms with E-state index in [1.807, 2.05) is 0 Å². The van der Waals surface area contributed by atoms with E-state index in [9.17, 15) is 14.0 Å². The Morgan fingerprint density at radius 1 is 1.14 bits per heavy atom. The highest BCUT2D eigenvalue weighted by Crippen LogP contribution is 2.48. The Morgan fingerprint density at radius 3 is 2.57 bits per heavy atom. The lowest BCUT2D eigenvalue weighted by Gasteiger charge is -2.28. The highest BCUT2D eigenvalue weighted by Gasteiger charge is 2.45.